The number of benzene rings is 2. The molecule has 6 nitrogen and oxygen atoms in total. The van der Waals surface area contributed by atoms with Crippen LogP contribution in [0.2, 0.25) is 0 Å². The Hall–Kier alpha value is -3.72. The van der Waals surface area contributed by atoms with Crippen LogP contribution in [0.25, 0.3) is 6.08 Å². The Bertz CT molecular complexity index is 936. The van der Waals surface area contributed by atoms with E-state index in [1.165, 1.54) is 18.2 Å². The van der Waals surface area contributed by atoms with Crippen LogP contribution in [0.4, 0.5) is 5.69 Å². The lowest BCUT2D eigenvalue weighted by atomic mass is 10.1. The van der Waals surface area contributed by atoms with Gasteiger partial charge in [-0.25, -0.2) is 4.79 Å². The van der Waals surface area contributed by atoms with E-state index >= 15 is 0 Å². The van der Waals surface area contributed by atoms with Crippen molar-refractivity contribution in [2.24, 2.45) is 0 Å². The molecule has 2 aromatic carbocycles. The Labute approximate surface area is 163 Å². The number of Topliss-reactive ketones (excluding diaryl/α,β-unsaturated/α-hetero) is 1. The second kappa shape index (κ2) is 9.83. The molecule has 1 N–H and O–H groups in total. The first kappa shape index (κ1) is 20.6. The number of aryl methyl sites for hydroxylation is 1. The van der Waals surface area contributed by atoms with Gasteiger partial charge in [0.15, 0.2) is 12.4 Å². The summed E-state index contributed by atoms with van der Waals surface area (Å²) in [6.45, 7) is 3.19. The molecule has 0 aliphatic heterocycles. The summed E-state index contributed by atoms with van der Waals surface area (Å²) in [5, 5.41) is 11.9. The van der Waals surface area contributed by atoms with Crippen molar-refractivity contribution in [1.82, 2.24) is 0 Å². The van der Waals surface area contributed by atoms with Crippen LogP contribution in [-0.4, -0.2) is 24.3 Å². The van der Waals surface area contributed by atoms with E-state index in [1.54, 1.807) is 37.3 Å². The van der Waals surface area contributed by atoms with Crippen LogP contribution in [0.3, 0.4) is 0 Å². The average molecular weight is 376 g/mol. The van der Waals surface area contributed by atoms with Crippen molar-refractivity contribution >= 4 is 29.4 Å². The normalized spacial score (nSPS) is 10.7. The van der Waals surface area contributed by atoms with Crippen LogP contribution >= 0.6 is 0 Å². The first-order chi connectivity index (χ1) is 13.4. The Morgan fingerprint density at radius 2 is 1.71 bits per heavy atom. The largest absolute Gasteiger partial charge is 0.453 e. The summed E-state index contributed by atoms with van der Waals surface area (Å²) in [6, 6.07) is 15.4. The van der Waals surface area contributed by atoms with Crippen LogP contribution < -0.4 is 5.32 Å². The molecule has 2 rings (SSSR count). The van der Waals surface area contributed by atoms with Gasteiger partial charge in [-0.15, -0.1) is 0 Å². The monoisotopic (exact) mass is 376 g/mol. The standard InChI is InChI=1S/C22H20N2O4/c1-3-21(26)24-19-10-8-17(9-11-19)20(25)14-28-22(27)18(13-23)12-16-6-4-15(2)5-7-16/h4-12H,3,14H2,1-2H3,(H,24,26)/b18-12+. The molecule has 0 aliphatic carbocycles. The minimum absolute atomic E-state index is 0.127. The highest BCUT2D eigenvalue weighted by atomic mass is 16.5. The third-order valence-electron chi connectivity index (χ3n) is 3.87. The van der Waals surface area contributed by atoms with Gasteiger partial charge in [0, 0.05) is 17.7 Å². The van der Waals surface area contributed by atoms with Crippen molar-refractivity contribution in [2.75, 3.05) is 11.9 Å². The number of ether oxygens (including phenoxy) is 1. The predicted octanol–water partition coefficient (Wildman–Crippen LogP) is 3.68. The fraction of sp³-hybridized carbons (Fsp3) is 0.182. The zero-order valence-corrected chi connectivity index (χ0v) is 15.7. The fourth-order valence-corrected chi connectivity index (χ4v) is 2.25. The first-order valence-electron chi connectivity index (χ1n) is 8.71. The van der Waals surface area contributed by atoms with E-state index in [0.29, 0.717) is 23.2 Å². The summed E-state index contributed by atoms with van der Waals surface area (Å²) < 4.78 is 4.97. The zero-order valence-electron chi connectivity index (χ0n) is 15.7. The van der Waals surface area contributed by atoms with Crippen LogP contribution in [0, 0.1) is 18.3 Å². The molecule has 0 fully saturated rings. The Balaban J connectivity index is 1.97. The molecule has 28 heavy (non-hydrogen) atoms. The van der Waals surface area contributed by atoms with Gasteiger partial charge in [-0.2, -0.15) is 5.26 Å². The lowest BCUT2D eigenvalue weighted by Crippen LogP contribution is -2.15. The molecule has 2 aromatic rings. The fourth-order valence-electron chi connectivity index (χ4n) is 2.25. The topological polar surface area (TPSA) is 96.3 Å². The summed E-state index contributed by atoms with van der Waals surface area (Å²) >= 11 is 0. The van der Waals surface area contributed by atoms with E-state index in [-0.39, 0.29) is 11.5 Å². The molecule has 0 atom stereocenters. The van der Waals surface area contributed by atoms with E-state index in [0.717, 1.165) is 5.56 Å². The number of ketones is 1. The van der Waals surface area contributed by atoms with E-state index in [4.69, 9.17) is 4.74 Å². The number of carbonyl (C=O) groups excluding carboxylic acids is 3. The maximum absolute atomic E-state index is 12.2. The van der Waals surface area contributed by atoms with Gasteiger partial charge in [-0.1, -0.05) is 36.8 Å². The number of nitrogens with one attached hydrogen (secondary N) is 1. The van der Waals surface area contributed by atoms with E-state index in [9.17, 15) is 19.6 Å². The highest BCUT2D eigenvalue weighted by Crippen LogP contribution is 2.12. The Kier molecular flexibility index (Phi) is 7.23. The summed E-state index contributed by atoms with van der Waals surface area (Å²) in [7, 11) is 0. The summed E-state index contributed by atoms with van der Waals surface area (Å²) in [5.41, 5.74) is 2.48. The van der Waals surface area contributed by atoms with Gasteiger partial charge >= 0.3 is 5.97 Å². The van der Waals surface area contributed by atoms with Crippen molar-refractivity contribution in [2.45, 2.75) is 20.3 Å². The van der Waals surface area contributed by atoms with Gasteiger partial charge in [-0.05, 0) is 42.8 Å². The minimum atomic E-state index is -0.858. The second-order valence-corrected chi connectivity index (χ2v) is 6.06. The Morgan fingerprint density at radius 1 is 1.07 bits per heavy atom. The molecule has 142 valence electrons. The molecular weight excluding hydrogens is 356 g/mol. The van der Waals surface area contributed by atoms with Crippen molar-refractivity contribution < 1.29 is 19.1 Å². The number of amides is 1. The highest BCUT2D eigenvalue weighted by molar-refractivity contribution is 6.02. The maximum Gasteiger partial charge on any atom is 0.349 e. The van der Waals surface area contributed by atoms with E-state index < -0.39 is 18.4 Å². The quantitative estimate of drug-likeness (QED) is 0.344. The van der Waals surface area contributed by atoms with Crippen molar-refractivity contribution in [3.8, 4) is 6.07 Å². The minimum Gasteiger partial charge on any atom is -0.453 e. The number of rotatable bonds is 7. The lowest BCUT2D eigenvalue weighted by molar-refractivity contribution is -0.137. The van der Waals surface area contributed by atoms with Crippen LogP contribution in [0.5, 0.6) is 0 Å². The van der Waals surface area contributed by atoms with Gasteiger partial charge < -0.3 is 10.1 Å². The highest BCUT2D eigenvalue weighted by Gasteiger charge is 2.14. The maximum atomic E-state index is 12.2. The number of hydrogen-bond acceptors (Lipinski definition) is 5. The molecule has 6 heteroatoms. The molecule has 0 radical (unpaired) electrons. The van der Waals surface area contributed by atoms with E-state index in [2.05, 4.69) is 5.32 Å². The van der Waals surface area contributed by atoms with Crippen LogP contribution in [0.1, 0.15) is 34.8 Å². The molecule has 0 heterocycles. The number of esters is 1. The Morgan fingerprint density at radius 3 is 2.29 bits per heavy atom. The molecule has 1 amide bonds. The summed E-state index contributed by atoms with van der Waals surface area (Å²) in [5.74, 6) is -1.39. The summed E-state index contributed by atoms with van der Waals surface area (Å²) in [4.78, 5) is 35.6. The molecule has 0 saturated carbocycles. The SMILES string of the molecule is CCC(=O)Nc1ccc(C(=O)COC(=O)/C(C#N)=C/c2ccc(C)cc2)cc1. The van der Waals surface area contributed by atoms with Gasteiger partial charge in [-0.3, -0.25) is 9.59 Å². The zero-order chi connectivity index (χ0) is 20.5. The number of anilines is 1. The van der Waals surface area contributed by atoms with Crippen molar-refractivity contribution in [1.29, 1.82) is 5.26 Å². The second-order valence-electron chi connectivity index (χ2n) is 6.06. The van der Waals surface area contributed by atoms with Gasteiger partial charge in [0.1, 0.15) is 11.6 Å². The lowest BCUT2D eigenvalue weighted by Gasteiger charge is -2.06. The number of hydrogen-bond donors (Lipinski definition) is 1. The first-order valence-corrected chi connectivity index (χ1v) is 8.71. The third kappa shape index (κ3) is 5.92. The van der Waals surface area contributed by atoms with Gasteiger partial charge in [0.25, 0.3) is 0 Å². The molecular formula is C22H20N2O4. The molecule has 0 aliphatic rings. The van der Waals surface area contributed by atoms with Crippen molar-refractivity contribution in [3.63, 3.8) is 0 Å². The van der Waals surface area contributed by atoms with Crippen LogP contribution in [0.15, 0.2) is 54.1 Å². The van der Waals surface area contributed by atoms with E-state index in [1.807, 2.05) is 19.1 Å². The van der Waals surface area contributed by atoms with Gasteiger partial charge in [0.05, 0.1) is 0 Å². The molecule has 0 aromatic heterocycles. The average Bonchev–Trinajstić information content (AvgIpc) is 2.71. The molecule has 0 unspecified atom stereocenters. The predicted molar refractivity (Wildman–Crippen MR) is 105 cm³/mol. The molecule has 0 spiro atoms. The molecule has 0 saturated heterocycles. The summed E-state index contributed by atoms with van der Waals surface area (Å²) in [6.07, 6.45) is 1.77. The van der Waals surface area contributed by atoms with Gasteiger partial charge in [0.2, 0.25) is 5.91 Å². The third-order valence-corrected chi connectivity index (χ3v) is 3.87. The number of nitriles is 1. The van der Waals surface area contributed by atoms with Crippen LogP contribution in [-0.2, 0) is 14.3 Å². The smallest absolute Gasteiger partial charge is 0.349 e. The molecule has 0 bridgehead atoms. The number of nitrogens with zero attached hydrogens (tertiary/aromatic N) is 1. The van der Waals surface area contributed by atoms with Crippen molar-refractivity contribution in [3.05, 3.63) is 70.8 Å². The number of carbonyl (C=O) groups is 3.